The van der Waals surface area contributed by atoms with Gasteiger partial charge in [-0.1, -0.05) is 30.3 Å². The second kappa shape index (κ2) is 10.1. The lowest BCUT2D eigenvalue weighted by atomic mass is 10.1. The number of para-hydroxylation sites is 1. The Morgan fingerprint density at radius 1 is 0.935 bits per heavy atom. The van der Waals surface area contributed by atoms with Gasteiger partial charge in [0.2, 0.25) is 0 Å². The van der Waals surface area contributed by atoms with E-state index >= 15 is 0 Å². The zero-order valence-corrected chi connectivity index (χ0v) is 17.8. The number of carbonyl (C=O) groups excluding carboxylic acids is 1. The Hall–Kier alpha value is -3.38. The number of hydrogen-bond donors (Lipinski definition) is 1. The number of anilines is 1. The average Bonchev–Trinajstić information content (AvgIpc) is 2.81. The van der Waals surface area contributed by atoms with Crippen LogP contribution in [0.1, 0.15) is 15.9 Å². The van der Waals surface area contributed by atoms with Crippen LogP contribution in [0.25, 0.3) is 0 Å². The molecule has 1 aliphatic rings. The van der Waals surface area contributed by atoms with Crippen molar-refractivity contribution in [2.75, 3.05) is 44.7 Å². The molecule has 1 aliphatic heterocycles. The van der Waals surface area contributed by atoms with Crippen molar-refractivity contribution >= 4 is 11.7 Å². The quantitative estimate of drug-likeness (QED) is 0.638. The van der Waals surface area contributed by atoms with Crippen LogP contribution < -0.4 is 15.0 Å². The highest BCUT2D eigenvalue weighted by Crippen LogP contribution is 2.21. The van der Waals surface area contributed by atoms with Gasteiger partial charge in [-0.05, 0) is 55.4 Å². The first-order valence-corrected chi connectivity index (χ1v) is 10.7. The fourth-order valence-electron chi connectivity index (χ4n) is 3.51. The summed E-state index contributed by atoms with van der Waals surface area (Å²) < 4.78 is 5.81. The van der Waals surface area contributed by atoms with E-state index in [0.717, 1.165) is 55.5 Å². The van der Waals surface area contributed by atoms with Crippen LogP contribution >= 0.6 is 0 Å². The van der Waals surface area contributed by atoms with Gasteiger partial charge in [0, 0.05) is 38.9 Å². The van der Waals surface area contributed by atoms with Gasteiger partial charge in [0.1, 0.15) is 17.3 Å². The SMILES string of the molecule is CN1CCN(c2ccc(C(=O)NCCc3ccc(Oc4ccccc4)cc3)cn2)CC1. The largest absolute Gasteiger partial charge is 0.457 e. The molecule has 0 saturated carbocycles. The molecule has 1 amide bonds. The van der Waals surface area contributed by atoms with Gasteiger partial charge in [0.05, 0.1) is 5.56 Å². The Labute approximate surface area is 183 Å². The Bertz CT molecular complexity index is 967. The minimum atomic E-state index is -0.0959. The standard InChI is InChI=1S/C25H28N4O2/c1-28-15-17-29(18-16-28)24-12-9-21(19-27-24)25(30)26-14-13-20-7-10-23(11-8-20)31-22-5-3-2-4-6-22/h2-12,19H,13-18H2,1H3,(H,26,30). The lowest BCUT2D eigenvalue weighted by Crippen LogP contribution is -2.44. The first-order chi connectivity index (χ1) is 15.2. The molecule has 0 bridgehead atoms. The maximum atomic E-state index is 12.4. The second-order valence-corrected chi connectivity index (χ2v) is 7.76. The van der Waals surface area contributed by atoms with Gasteiger partial charge in [-0.2, -0.15) is 0 Å². The van der Waals surface area contributed by atoms with E-state index in [2.05, 4.69) is 27.1 Å². The fourth-order valence-corrected chi connectivity index (χ4v) is 3.51. The van der Waals surface area contributed by atoms with E-state index in [9.17, 15) is 4.79 Å². The molecule has 0 atom stereocenters. The zero-order valence-electron chi connectivity index (χ0n) is 17.8. The predicted molar refractivity (Wildman–Crippen MR) is 123 cm³/mol. The molecule has 6 heteroatoms. The number of rotatable bonds is 7. The average molecular weight is 417 g/mol. The Morgan fingerprint density at radius 3 is 2.32 bits per heavy atom. The first-order valence-electron chi connectivity index (χ1n) is 10.7. The van der Waals surface area contributed by atoms with Crippen molar-refractivity contribution in [1.82, 2.24) is 15.2 Å². The Balaban J connectivity index is 1.23. The van der Waals surface area contributed by atoms with Gasteiger partial charge in [0.15, 0.2) is 0 Å². The van der Waals surface area contributed by atoms with Gasteiger partial charge >= 0.3 is 0 Å². The highest BCUT2D eigenvalue weighted by molar-refractivity contribution is 5.94. The van der Waals surface area contributed by atoms with Crippen LogP contribution in [0.5, 0.6) is 11.5 Å². The third kappa shape index (κ3) is 5.83. The Kier molecular flexibility index (Phi) is 6.79. The number of amides is 1. The van der Waals surface area contributed by atoms with Crippen molar-refractivity contribution < 1.29 is 9.53 Å². The molecule has 160 valence electrons. The molecule has 1 N–H and O–H groups in total. The molecular formula is C25H28N4O2. The number of nitrogens with one attached hydrogen (secondary N) is 1. The number of pyridine rings is 1. The third-order valence-electron chi connectivity index (χ3n) is 5.44. The van der Waals surface area contributed by atoms with Gasteiger partial charge in [0.25, 0.3) is 5.91 Å². The van der Waals surface area contributed by atoms with E-state index in [-0.39, 0.29) is 5.91 Å². The van der Waals surface area contributed by atoms with Crippen LogP contribution in [-0.2, 0) is 6.42 Å². The molecule has 2 heterocycles. The predicted octanol–water partition coefficient (Wildman–Crippen LogP) is 3.60. The number of hydrogen-bond acceptors (Lipinski definition) is 5. The normalized spacial score (nSPS) is 14.3. The lowest BCUT2D eigenvalue weighted by molar-refractivity contribution is 0.0954. The van der Waals surface area contributed by atoms with Crippen LogP contribution in [0.15, 0.2) is 72.9 Å². The number of aromatic nitrogens is 1. The molecule has 1 saturated heterocycles. The molecule has 3 aromatic rings. The summed E-state index contributed by atoms with van der Waals surface area (Å²) in [7, 11) is 2.13. The van der Waals surface area contributed by atoms with Gasteiger partial charge < -0.3 is 19.9 Å². The molecule has 0 aliphatic carbocycles. The molecule has 2 aromatic carbocycles. The molecule has 31 heavy (non-hydrogen) atoms. The van der Waals surface area contributed by atoms with E-state index in [4.69, 9.17) is 4.74 Å². The van der Waals surface area contributed by atoms with E-state index < -0.39 is 0 Å². The van der Waals surface area contributed by atoms with Gasteiger partial charge in [-0.15, -0.1) is 0 Å². The lowest BCUT2D eigenvalue weighted by Gasteiger charge is -2.33. The maximum Gasteiger partial charge on any atom is 0.252 e. The van der Waals surface area contributed by atoms with E-state index in [1.54, 1.807) is 6.20 Å². The van der Waals surface area contributed by atoms with Crippen LogP contribution in [0.2, 0.25) is 0 Å². The monoisotopic (exact) mass is 416 g/mol. The summed E-state index contributed by atoms with van der Waals surface area (Å²) in [6, 6.07) is 21.4. The van der Waals surface area contributed by atoms with E-state index in [1.165, 1.54) is 0 Å². The van der Waals surface area contributed by atoms with Crippen molar-refractivity contribution in [3.8, 4) is 11.5 Å². The topological polar surface area (TPSA) is 57.7 Å². The molecule has 0 spiro atoms. The van der Waals surface area contributed by atoms with Crippen molar-refractivity contribution in [1.29, 1.82) is 0 Å². The van der Waals surface area contributed by atoms with E-state index in [0.29, 0.717) is 12.1 Å². The van der Waals surface area contributed by atoms with Crippen molar-refractivity contribution in [3.63, 3.8) is 0 Å². The number of likely N-dealkylation sites (N-methyl/N-ethyl adjacent to an activating group) is 1. The fraction of sp³-hybridized carbons (Fsp3) is 0.280. The van der Waals surface area contributed by atoms with Crippen LogP contribution in [0.3, 0.4) is 0 Å². The summed E-state index contributed by atoms with van der Waals surface area (Å²) in [6.45, 7) is 4.55. The highest BCUT2D eigenvalue weighted by Gasteiger charge is 2.15. The van der Waals surface area contributed by atoms with Crippen molar-refractivity contribution in [2.24, 2.45) is 0 Å². The number of ether oxygens (including phenoxy) is 1. The first kappa shape index (κ1) is 20.9. The highest BCUT2D eigenvalue weighted by atomic mass is 16.5. The number of nitrogens with zero attached hydrogens (tertiary/aromatic N) is 3. The maximum absolute atomic E-state index is 12.4. The molecule has 4 rings (SSSR count). The van der Waals surface area contributed by atoms with Gasteiger partial charge in [-0.3, -0.25) is 4.79 Å². The molecule has 1 aromatic heterocycles. The molecular weight excluding hydrogens is 388 g/mol. The van der Waals surface area contributed by atoms with E-state index in [1.807, 2.05) is 66.7 Å². The number of piperazine rings is 1. The summed E-state index contributed by atoms with van der Waals surface area (Å²) >= 11 is 0. The van der Waals surface area contributed by atoms with Gasteiger partial charge in [-0.25, -0.2) is 4.98 Å². The van der Waals surface area contributed by atoms with Crippen molar-refractivity contribution in [3.05, 3.63) is 84.1 Å². The molecule has 0 radical (unpaired) electrons. The van der Waals surface area contributed by atoms with Crippen LogP contribution in [0.4, 0.5) is 5.82 Å². The number of carbonyl (C=O) groups is 1. The smallest absolute Gasteiger partial charge is 0.252 e. The van der Waals surface area contributed by atoms with Crippen LogP contribution in [0, 0.1) is 0 Å². The van der Waals surface area contributed by atoms with Crippen LogP contribution in [-0.4, -0.2) is 55.6 Å². The molecule has 6 nitrogen and oxygen atoms in total. The second-order valence-electron chi connectivity index (χ2n) is 7.76. The summed E-state index contributed by atoms with van der Waals surface area (Å²) in [4.78, 5) is 21.5. The minimum absolute atomic E-state index is 0.0959. The summed E-state index contributed by atoms with van der Waals surface area (Å²) in [5.41, 5.74) is 1.73. The van der Waals surface area contributed by atoms with Crippen molar-refractivity contribution in [2.45, 2.75) is 6.42 Å². The third-order valence-corrected chi connectivity index (χ3v) is 5.44. The minimum Gasteiger partial charge on any atom is -0.457 e. The molecule has 0 unspecified atom stereocenters. The summed E-state index contributed by atoms with van der Waals surface area (Å²) in [5, 5.41) is 2.98. The molecule has 1 fully saturated rings. The zero-order chi connectivity index (χ0) is 21.5. The Morgan fingerprint density at radius 2 is 1.65 bits per heavy atom. The summed E-state index contributed by atoms with van der Waals surface area (Å²) in [5.74, 6) is 2.45. The number of benzene rings is 2. The summed E-state index contributed by atoms with van der Waals surface area (Å²) in [6.07, 6.45) is 2.42.